The predicted molar refractivity (Wildman–Crippen MR) is 92.5 cm³/mol. The van der Waals surface area contributed by atoms with E-state index >= 15 is 0 Å². The van der Waals surface area contributed by atoms with Crippen molar-refractivity contribution >= 4 is 11.8 Å². The van der Waals surface area contributed by atoms with Gasteiger partial charge in [-0.15, -0.1) is 0 Å². The topological polar surface area (TPSA) is 67.2 Å². The van der Waals surface area contributed by atoms with Crippen LogP contribution in [0.3, 0.4) is 0 Å². The Morgan fingerprint density at radius 3 is 2.79 bits per heavy atom. The van der Waals surface area contributed by atoms with Crippen LogP contribution >= 0.6 is 0 Å². The number of hydrogen-bond acceptors (Lipinski definition) is 3. The van der Waals surface area contributed by atoms with E-state index in [-0.39, 0.29) is 12.1 Å². The molecule has 4 rings (SSSR count). The van der Waals surface area contributed by atoms with Crippen molar-refractivity contribution in [2.45, 2.75) is 38.6 Å². The Morgan fingerprint density at radius 2 is 2.08 bits per heavy atom. The summed E-state index contributed by atoms with van der Waals surface area (Å²) < 4.78 is 5.30. The van der Waals surface area contributed by atoms with E-state index in [4.69, 9.17) is 4.52 Å². The standard InChI is InChI=1S/C19H23N3O2/c1-12(16-10-13-7-8-15(16)9-13)20-19(23)21-18-11-17(24-22-18)14-5-3-2-4-6-14/h2-6,11-13,15-16H,7-10H2,1H3,(H2,20,21,22,23). The molecule has 2 saturated carbocycles. The average Bonchev–Trinajstić information content (AvgIpc) is 3.32. The lowest BCUT2D eigenvalue weighted by molar-refractivity contribution is 0.230. The summed E-state index contributed by atoms with van der Waals surface area (Å²) in [6.07, 6.45) is 5.31. The first-order chi connectivity index (χ1) is 11.7. The molecule has 1 heterocycles. The molecule has 2 aliphatic rings. The molecule has 126 valence electrons. The highest BCUT2D eigenvalue weighted by Crippen LogP contribution is 2.49. The second kappa shape index (κ2) is 6.30. The van der Waals surface area contributed by atoms with Gasteiger partial charge in [0, 0.05) is 17.7 Å². The first-order valence-electron chi connectivity index (χ1n) is 8.78. The molecule has 24 heavy (non-hydrogen) atoms. The van der Waals surface area contributed by atoms with Crippen molar-refractivity contribution in [3.63, 3.8) is 0 Å². The number of nitrogens with zero attached hydrogens (tertiary/aromatic N) is 1. The fourth-order valence-corrected chi connectivity index (χ4v) is 4.45. The number of carbonyl (C=O) groups excluding carboxylic acids is 1. The highest BCUT2D eigenvalue weighted by atomic mass is 16.5. The summed E-state index contributed by atoms with van der Waals surface area (Å²) in [5.74, 6) is 3.38. The number of benzene rings is 1. The van der Waals surface area contributed by atoms with E-state index in [1.807, 2.05) is 30.3 Å². The minimum Gasteiger partial charge on any atom is -0.354 e. The van der Waals surface area contributed by atoms with Gasteiger partial charge in [0.1, 0.15) is 0 Å². The summed E-state index contributed by atoms with van der Waals surface area (Å²) >= 11 is 0. The van der Waals surface area contributed by atoms with Crippen molar-refractivity contribution in [3.8, 4) is 11.3 Å². The molecule has 0 aliphatic heterocycles. The molecule has 2 N–H and O–H groups in total. The van der Waals surface area contributed by atoms with Gasteiger partial charge in [-0.05, 0) is 43.9 Å². The number of amides is 2. The summed E-state index contributed by atoms with van der Waals surface area (Å²) in [6, 6.07) is 11.5. The van der Waals surface area contributed by atoms with Gasteiger partial charge < -0.3 is 9.84 Å². The van der Waals surface area contributed by atoms with E-state index in [1.54, 1.807) is 6.07 Å². The van der Waals surface area contributed by atoms with Crippen molar-refractivity contribution in [2.24, 2.45) is 17.8 Å². The zero-order chi connectivity index (χ0) is 16.5. The minimum absolute atomic E-state index is 0.195. The Hall–Kier alpha value is -2.30. The number of rotatable bonds is 4. The maximum Gasteiger partial charge on any atom is 0.320 e. The fourth-order valence-electron chi connectivity index (χ4n) is 4.45. The van der Waals surface area contributed by atoms with E-state index in [1.165, 1.54) is 25.7 Å². The van der Waals surface area contributed by atoms with Crippen LogP contribution in [0.1, 0.15) is 32.6 Å². The number of aromatic nitrogens is 1. The van der Waals surface area contributed by atoms with Gasteiger partial charge in [0.2, 0.25) is 0 Å². The van der Waals surface area contributed by atoms with Crippen LogP contribution in [0.2, 0.25) is 0 Å². The highest BCUT2D eigenvalue weighted by molar-refractivity contribution is 5.88. The smallest absolute Gasteiger partial charge is 0.320 e. The molecule has 2 amide bonds. The quantitative estimate of drug-likeness (QED) is 0.881. The number of nitrogens with one attached hydrogen (secondary N) is 2. The van der Waals surface area contributed by atoms with E-state index in [0.717, 1.165) is 17.4 Å². The first kappa shape index (κ1) is 15.2. The van der Waals surface area contributed by atoms with E-state index in [2.05, 4.69) is 22.7 Å². The molecule has 2 aliphatic carbocycles. The zero-order valence-corrected chi connectivity index (χ0v) is 13.9. The van der Waals surface area contributed by atoms with Gasteiger partial charge in [-0.3, -0.25) is 5.32 Å². The summed E-state index contributed by atoms with van der Waals surface area (Å²) in [5, 5.41) is 9.78. The number of carbonyl (C=O) groups is 1. The normalized spacial score (nSPS) is 26.3. The molecule has 2 fully saturated rings. The van der Waals surface area contributed by atoms with Crippen LogP contribution in [0.5, 0.6) is 0 Å². The van der Waals surface area contributed by atoms with Crippen LogP contribution < -0.4 is 10.6 Å². The van der Waals surface area contributed by atoms with Crippen LogP contribution in [-0.2, 0) is 0 Å². The number of hydrogen-bond donors (Lipinski definition) is 2. The molecular weight excluding hydrogens is 302 g/mol. The molecule has 5 heteroatoms. The molecule has 1 aromatic heterocycles. The van der Waals surface area contributed by atoms with Crippen LogP contribution in [0, 0.1) is 17.8 Å². The minimum atomic E-state index is -0.210. The van der Waals surface area contributed by atoms with Gasteiger partial charge in [0.25, 0.3) is 0 Å². The van der Waals surface area contributed by atoms with Gasteiger partial charge in [-0.2, -0.15) is 0 Å². The largest absolute Gasteiger partial charge is 0.354 e. The van der Waals surface area contributed by atoms with Crippen LogP contribution in [0.25, 0.3) is 11.3 Å². The summed E-state index contributed by atoms with van der Waals surface area (Å²) in [6.45, 7) is 2.11. The van der Waals surface area contributed by atoms with E-state index in [9.17, 15) is 4.79 Å². The number of anilines is 1. The molecule has 0 spiro atoms. The Labute approximate surface area is 141 Å². The molecule has 1 aromatic carbocycles. The Kier molecular flexibility index (Phi) is 4.00. The second-order valence-electron chi connectivity index (χ2n) is 7.17. The molecule has 4 atom stereocenters. The van der Waals surface area contributed by atoms with Gasteiger partial charge in [-0.1, -0.05) is 41.9 Å². The first-order valence-corrected chi connectivity index (χ1v) is 8.78. The van der Waals surface area contributed by atoms with E-state index < -0.39 is 0 Å². The molecule has 2 bridgehead atoms. The van der Waals surface area contributed by atoms with Gasteiger partial charge in [-0.25, -0.2) is 4.79 Å². The third-order valence-electron chi connectivity index (χ3n) is 5.60. The van der Waals surface area contributed by atoms with Crippen molar-refractivity contribution in [1.29, 1.82) is 0 Å². The lowest BCUT2D eigenvalue weighted by Gasteiger charge is -2.28. The van der Waals surface area contributed by atoms with Crippen LogP contribution in [0.4, 0.5) is 10.6 Å². The Balaban J connectivity index is 1.34. The van der Waals surface area contributed by atoms with Crippen LogP contribution in [-0.4, -0.2) is 17.2 Å². The second-order valence-corrected chi connectivity index (χ2v) is 7.17. The van der Waals surface area contributed by atoms with E-state index in [0.29, 0.717) is 17.5 Å². The van der Waals surface area contributed by atoms with Crippen molar-refractivity contribution in [2.75, 3.05) is 5.32 Å². The molecule has 0 radical (unpaired) electrons. The Bertz CT molecular complexity index is 712. The number of fused-ring (bicyclic) bond motifs is 2. The van der Waals surface area contributed by atoms with Crippen molar-refractivity contribution in [3.05, 3.63) is 36.4 Å². The highest BCUT2D eigenvalue weighted by Gasteiger charge is 2.42. The van der Waals surface area contributed by atoms with Gasteiger partial charge in [0.15, 0.2) is 11.6 Å². The maximum absolute atomic E-state index is 12.2. The van der Waals surface area contributed by atoms with Crippen LogP contribution in [0.15, 0.2) is 40.9 Å². The molecule has 2 aromatic rings. The maximum atomic E-state index is 12.2. The predicted octanol–water partition coefficient (Wildman–Crippen LogP) is 4.29. The summed E-state index contributed by atoms with van der Waals surface area (Å²) in [5.41, 5.74) is 0.939. The number of urea groups is 1. The van der Waals surface area contributed by atoms with Crippen molar-refractivity contribution < 1.29 is 9.32 Å². The molecule has 5 nitrogen and oxygen atoms in total. The molecular formula is C19H23N3O2. The summed E-state index contributed by atoms with van der Waals surface area (Å²) in [4.78, 5) is 12.2. The fraction of sp³-hybridized carbons (Fsp3) is 0.474. The zero-order valence-electron chi connectivity index (χ0n) is 13.9. The Morgan fingerprint density at radius 1 is 1.25 bits per heavy atom. The van der Waals surface area contributed by atoms with Gasteiger partial charge >= 0.3 is 6.03 Å². The summed E-state index contributed by atoms with van der Waals surface area (Å²) in [7, 11) is 0. The SMILES string of the molecule is CC(NC(=O)Nc1cc(-c2ccccc2)on1)C1CC2CCC1C2. The lowest BCUT2D eigenvalue weighted by atomic mass is 9.84. The molecule has 4 unspecified atom stereocenters. The third-order valence-corrected chi connectivity index (χ3v) is 5.60. The monoisotopic (exact) mass is 325 g/mol. The third kappa shape index (κ3) is 3.03. The molecule has 0 saturated heterocycles. The lowest BCUT2D eigenvalue weighted by Crippen LogP contribution is -2.42. The average molecular weight is 325 g/mol. The van der Waals surface area contributed by atoms with Crippen molar-refractivity contribution in [1.82, 2.24) is 10.5 Å². The van der Waals surface area contributed by atoms with Gasteiger partial charge in [0.05, 0.1) is 0 Å².